The lowest BCUT2D eigenvalue weighted by Gasteiger charge is -2.09. The maximum absolute atomic E-state index is 10.6. The Morgan fingerprint density at radius 2 is 2.17 bits per heavy atom. The van der Waals surface area contributed by atoms with Gasteiger partial charge in [0.15, 0.2) is 0 Å². The topological polar surface area (TPSA) is 43.4 Å². The zero-order valence-electron chi connectivity index (χ0n) is 7.62. The standard InChI is InChI=1S/C8H16O3S/c1-4-5-6-7-8(2)11-12(3,9)10/h4,8H,1,5-7H2,2-3H3. The van der Waals surface area contributed by atoms with Crippen LogP contribution in [0.25, 0.3) is 0 Å². The Bertz CT molecular complexity index is 218. The predicted octanol–water partition coefficient (Wildman–Crippen LogP) is 1.71. The van der Waals surface area contributed by atoms with Gasteiger partial charge in [-0.05, 0) is 26.2 Å². The van der Waals surface area contributed by atoms with Gasteiger partial charge in [0.05, 0.1) is 12.4 Å². The Balaban J connectivity index is 3.60. The lowest BCUT2D eigenvalue weighted by atomic mass is 10.2. The molecule has 0 saturated carbocycles. The van der Waals surface area contributed by atoms with Crippen LogP contribution in [0.3, 0.4) is 0 Å². The minimum atomic E-state index is -3.29. The first-order chi connectivity index (χ1) is 5.45. The molecule has 1 atom stereocenters. The summed E-state index contributed by atoms with van der Waals surface area (Å²) in [4.78, 5) is 0. The fourth-order valence-corrected chi connectivity index (χ4v) is 1.59. The average molecular weight is 192 g/mol. The van der Waals surface area contributed by atoms with Crippen molar-refractivity contribution in [3.05, 3.63) is 12.7 Å². The van der Waals surface area contributed by atoms with Gasteiger partial charge in [-0.3, -0.25) is 4.18 Å². The maximum atomic E-state index is 10.6. The third-order valence-corrected chi connectivity index (χ3v) is 2.04. The zero-order valence-corrected chi connectivity index (χ0v) is 8.43. The van der Waals surface area contributed by atoms with Crippen LogP contribution in [0.1, 0.15) is 26.2 Å². The van der Waals surface area contributed by atoms with Crippen molar-refractivity contribution in [2.24, 2.45) is 0 Å². The Hall–Kier alpha value is -0.350. The molecular weight excluding hydrogens is 176 g/mol. The van der Waals surface area contributed by atoms with Crippen LogP contribution in [0.2, 0.25) is 0 Å². The van der Waals surface area contributed by atoms with Gasteiger partial charge in [-0.25, -0.2) is 0 Å². The van der Waals surface area contributed by atoms with E-state index in [9.17, 15) is 8.42 Å². The lowest BCUT2D eigenvalue weighted by Crippen LogP contribution is -2.13. The van der Waals surface area contributed by atoms with Gasteiger partial charge in [0, 0.05) is 0 Å². The van der Waals surface area contributed by atoms with Crippen molar-refractivity contribution in [3.63, 3.8) is 0 Å². The summed E-state index contributed by atoms with van der Waals surface area (Å²) in [6.07, 6.45) is 5.22. The van der Waals surface area contributed by atoms with Gasteiger partial charge >= 0.3 is 0 Å². The van der Waals surface area contributed by atoms with Crippen LogP contribution in [0.5, 0.6) is 0 Å². The van der Waals surface area contributed by atoms with Crippen molar-refractivity contribution < 1.29 is 12.6 Å². The Morgan fingerprint density at radius 1 is 1.58 bits per heavy atom. The van der Waals surface area contributed by atoms with Gasteiger partial charge in [0.25, 0.3) is 10.1 Å². The van der Waals surface area contributed by atoms with Crippen molar-refractivity contribution in [2.75, 3.05) is 6.26 Å². The lowest BCUT2D eigenvalue weighted by molar-refractivity contribution is 0.218. The molecule has 12 heavy (non-hydrogen) atoms. The first-order valence-electron chi connectivity index (χ1n) is 3.95. The summed E-state index contributed by atoms with van der Waals surface area (Å²) in [6.45, 7) is 5.33. The second-order valence-electron chi connectivity index (χ2n) is 2.83. The number of rotatable bonds is 6. The van der Waals surface area contributed by atoms with Crippen LogP contribution >= 0.6 is 0 Å². The molecule has 0 bridgehead atoms. The summed E-state index contributed by atoms with van der Waals surface area (Å²) < 4.78 is 26.0. The summed E-state index contributed by atoms with van der Waals surface area (Å²) >= 11 is 0. The van der Waals surface area contributed by atoms with Crippen LogP contribution in [0, 0.1) is 0 Å². The first-order valence-corrected chi connectivity index (χ1v) is 5.76. The van der Waals surface area contributed by atoms with E-state index in [1.807, 2.05) is 6.08 Å². The SMILES string of the molecule is C=CCCCC(C)OS(C)(=O)=O. The van der Waals surface area contributed by atoms with Crippen LogP contribution in [-0.2, 0) is 14.3 Å². The maximum Gasteiger partial charge on any atom is 0.264 e. The highest BCUT2D eigenvalue weighted by Crippen LogP contribution is 2.06. The highest BCUT2D eigenvalue weighted by molar-refractivity contribution is 7.86. The molecular formula is C8H16O3S. The molecule has 0 fully saturated rings. The molecule has 3 nitrogen and oxygen atoms in total. The van der Waals surface area contributed by atoms with E-state index in [1.54, 1.807) is 6.92 Å². The molecule has 0 radical (unpaired) electrons. The second-order valence-corrected chi connectivity index (χ2v) is 4.43. The molecule has 0 heterocycles. The molecule has 0 aromatic carbocycles. The molecule has 0 aliphatic rings. The van der Waals surface area contributed by atoms with Crippen molar-refractivity contribution in [1.29, 1.82) is 0 Å². The Kier molecular flexibility index (Phi) is 5.17. The minimum Gasteiger partial charge on any atom is -0.267 e. The van der Waals surface area contributed by atoms with E-state index < -0.39 is 10.1 Å². The predicted molar refractivity (Wildman–Crippen MR) is 49.4 cm³/mol. The van der Waals surface area contributed by atoms with Gasteiger partial charge in [-0.15, -0.1) is 6.58 Å². The van der Waals surface area contributed by atoms with Crippen molar-refractivity contribution in [3.8, 4) is 0 Å². The van der Waals surface area contributed by atoms with E-state index in [0.29, 0.717) is 0 Å². The van der Waals surface area contributed by atoms with E-state index in [4.69, 9.17) is 4.18 Å². The molecule has 0 aliphatic heterocycles. The molecule has 0 N–H and O–H groups in total. The molecule has 0 saturated heterocycles. The third kappa shape index (κ3) is 7.75. The van der Waals surface area contributed by atoms with Gasteiger partial charge in [0.2, 0.25) is 0 Å². The molecule has 0 aromatic heterocycles. The average Bonchev–Trinajstić information content (AvgIpc) is 1.84. The number of allylic oxidation sites excluding steroid dienone is 1. The summed E-state index contributed by atoms with van der Waals surface area (Å²) in [7, 11) is -3.29. The quantitative estimate of drug-likeness (QED) is 0.365. The molecule has 0 aliphatic carbocycles. The second kappa shape index (κ2) is 5.32. The molecule has 1 unspecified atom stereocenters. The van der Waals surface area contributed by atoms with Crippen molar-refractivity contribution >= 4 is 10.1 Å². The number of hydrogen-bond donors (Lipinski definition) is 0. The summed E-state index contributed by atoms with van der Waals surface area (Å²) in [5.41, 5.74) is 0. The van der Waals surface area contributed by atoms with Crippen LogP contribution < -0.4 is 0 Å². The van der Waals surface area contributed by atoms with E-state index in [0.717, 1.165) is 25.5 Å². The largest absolute Gasteiger partial charge is 0.267 e. The molecule has 4 heteroatoms. The van der Waals surface area contributed by atoms with Crippen LogP contribution in [-0.4, -0.2) is 20.8 Å². The fourth-order valence-electron chi connectivity index (χ4n) is 0.896. The fraction of sp³-hybridized carbons (Fsp3) is 0.750. The Morgan fingerprint density at radius 3 is 2.58 bits per heavy atom. The number of unbranched alkanes of at least 4 members (excludes halogenated alkanes) is 1. The molecule has 0 aromatic rings. The number of hydrogen-bond acceptors (Lipinski definition) is 3. The smallest absolute Gasteiger partial charge is 0.264 e. The summed E-state index contributed by atoms with van der Waals surface area (Å²) in [5.74, 6) is 0. The van der Waals surface area contributed by atoms with Crippen LogP contribution in [0.15, 0.2) is 12.7 Å². The van der Waals surface area contributed by atoms with E-state index in [2.05, 4.69) is 6.58 Å². The molecule has 0 spiro atoms. The summed E-state index contributed by atoms with van der Waals surface area (Å²) in [5, 5.41) is 0. The van der Waals surface area contributed by atoms with Crippen molar-refractivity contribution in [1.82, 2.24) is 0 Å². The van der Waals surface area contributed by atoms with Gasteiger partial charge in [0.1, 0.15) is 0 Å². The van der Waals surface area contributed by atoms with Gasteiger partial charge in [-0.1, -0.05) is 6.08 Å². The van der Waals surface area contributed by atoms with E-state index in [-0.39, 0.29) is 6.10 Å². The molecule has 0 rings (SSSR count). The summed E-state index contributed by atoms with van der Waals surface area (Å²) in [6, 6.07) is 0. The zero-order chi connectivity index (χ0) is 9.61. The minimum absolute atomic E-state index is 0.222. The highest BCUT2D eigenvalue weighted by atomic mass is 32.2. The van der Waals surface area contributed by atoms with Gasteiger partial charge < -0.3 is 0 Å². The monoisotopic (exact) mass is 192 g/mol. The van der Waals surface area contributed by atoms with Crippen molar-refractivity contribution in [2.45, 2.75) is 32.3 Å². The van der Waals surface area contributed by atoms with E-state index in [1.165, 1.54) is 0 Å². The normalized spacial score (nSPS) is 14.2. The van der Waals surface area contributed by atoms with E-state index >= 15 is 0 Å². The molecule has 0 amide bonds. The first kappa shape index (κ1) is 11.6. The highest BCUT2D eigenvalue weighted by Gasteiger charge is 2.08. The van der Waals surface area contributed by atoms with Crippen LogP contribution in [0.4, 0.5) is 0 Å². The molecule has 72 valence electrons. The van der Waals surface area contributed by atoms with Gasteiger partial charge in [-0.2, -0.15) is 8.42 Å². The third-order valence-electron chi connectivity index (χ3n) is 1.36. The Labute approximate surface area is 74.6 Å².